The Balaban J connectivity index is 2.09. The van der Waals surface area contributed by atoms with Crippen LogP contribution in [0.5, 0.6) is 23.0 Å². The molecule has 0 heterocycles. The van der Waals surface area contributed by atoms with Gasteiger partial charge in [0, 0.05) is 20.7 Å². The van der Waals surface area contributed by atoms with Gasteiger partial charge in [-0.1, -0.05) is 130 Å². The molecule has 0 aliphatic heterocycles. The lowest BCUT2D eigenvalue weighted by atomic mass is 10.1. The van der Waals surface area contributed by atoms with Crippen molar-refractivity contribution in [3.8, 4) is 23.0 Å². The van der Waals surface area contributed by atoms with E-state index in [1.807, 2.05) is 0 Å². The molecule has 0 bridgehead atoms. The van der Waals surface area contributed by atoms with E-state index in [0.29, 0.717) is 26.4 Å². The first kappa shape index (κ1) is 44.2. The van der Waals surface area contributed by atoms with Crippen LogP contribution in [0.2, 0.25) is 0 Å². The minimum Gasteiger partial charge on any atom is -0.494 e. The summed E-state index contributed by atoms with van der Waals surface area (Å²) in [5.41, 5.74) is 5.13. The van der Waals surface area contributed by atoms with Crippen LogP contribution >= 0.6 is 0 Å². The summed E-state index contributed by atoms with van der Waals surface area (Å²) in [6.07, 6.45) is 12.0. The highest BCUT2D eigenvalue weighted by Gasteiger charge is 2.34. The third kappa shape index (κ3) is 12.7. The van der Waals surface area contributed by atoms with Crippen molar-refractivity contribution in [1.29, 1.82) is 0 Å². The number of aryl methyl sites for hydroxylation is 4. The summed E-state index contributed by atoms with van der Waals surface area (Å²) in [6.45, 7) is 20.5. The lowest BCUT2D eigenvalue weighted by Crippen LogP contribution is -2.57. The maximum atomic E-state index is 8.14. The Kier molecular flexibility index (Phi) is 19.4. The SMILES string of the molecule is CCCCOc1ccc(CC)cc1[SiH](O[SiH](c1cc(CC)ccc1OCCCC)c1cc(CC)ccc1OCCCC)c1cc(CC)ccc1OCCCC. The summed E-state index contributed by atoms with van der Waals surface area (Å²) in [5, 5.41) is 4.73. The van der Waals surface area contributed by atoms with Crippen LogP contribution in [0.3, 0.4) is 0 Å². The molecule has 55 heavy (non-hydrogen) atoms. The second-order valence-electron chi connectivity index (χ2n) is 14.6. The largest absolute Gasteiger partial charge is 0.494 e. The van der Waals surface area contributed by atoms with Gasteiger partial charge < -0.3 is 23.1 Å². The molecule has 4 aromatic carbocycles. The van der Waals surface area contributed by atoms with E-state index in [1.54, 1.807) is 0 Å². The van der Waals surface area contributed by atoms with Crippen molar-refractivity contribution in [2.24, 2.45) is 0 Å². The average Bonchev–Trinajstić information content (AvgIpc) is 3.22. The number of hydrogen-bond acceptors (Lipinski definition) is 5. The first-order chi connectivity index (χ1) is 26.9. The smallest absolute Gasteiger partial charge is 0.236 e. The van der Waals surface area contributed by atoms with Crippen LogP contribution in [0, 0.1) is 0 Å². The Labute approximate surface area is 337 Å². The third-order valence-electron chi connectivity index (χ3n) is 10.4. The van der Waals surface area contributed by atoms with Gasteiger partial charge in [-0.25, -0.2) is 0 Å². The molecule has 4 aromatic rings. The first-order valence-electron chi connectivity index (χ1n) is 21.6. The second-order valence-corrected chi connectivity index (χ2v) is 19.7. The third-order valence-corrected chi connectivity index (χ3v) is 16.6. The molecule has 0 saturated carbocycles. The van der Waals surface area contributed by atoms with Crippen molar-refractivity contribution < 1.29 is 23.1 Å². The molecule has 0 saturated heterocycles. The number of rotatable bonds is 26. The van der Waals surface area contributed by atoms with E-state index >= 15 is 0 Å². The fourth-order valence-electron chi connectivity index (χ4n) is 6.69. The minimum atomic E-state index is -2.57. The number of hydrogen-bond donors (Lipinski definition) is 0. The minimum absolute atomic E-state index is 0.674. The van der Waals surface area contributed by atoms with Gasteiger partial charge >= 0.3 is 0 Å². The Morgan fingerprint density at radius 3 is 0.782 bits per heavy atom. The van der Waals surface area contributed by atoms with Crippen LogP contribution < -0.4 is 39.7 Å². The topological polar surface area (TPSA) is 46.2 Å². The average molecular weight is 783 g/mol. The highest BCUT2D eigenvalue weighted by molar-refractivity contribution is 6.93. The zero-order valence-electron chi connectivity index (χ0n) is 35.4. The summed E-state index contributed by atoms with van der Waals surface area (Å²) in [6, 6.07) is 27.2. The predicted molar refractivity (Wildman–Crippen MR) is 239 cm³/mol. The van der Waals surface area contributed by atoms with E-state index < -0.39 is 18.1 Å². The molecular weight excluding hydrogens is 713 g/mol. The summed E-state index contributed by atoms with van der Waals surface area (Å²) in [7, 11) is -5.14. The summed E-state index contributed by atoms with van der Waals surface area (Å²) in [5.74, 6) is 3.72. The zero-order chi connectivity index (χ0) is 39.4. The van der Waals surface area contributed by atoms with E-state index in [9.17, 15) is 0 Å². The lowest BCUT2D eigenvalue weighted by molar-refractivity contribution is 0.310. The van der Waals surface area contributed by atoms with Gasteiger partial charge in [-0.2, -0.15) is 0 Å². The molecule has 0 aromatic heterocycles. The molecule has 0 N–H and O–H groups in total. The molecule has 0 amide bonds. The standard InChI is InChI=1S/C48H70O5Si2/c1-9-17-29-49-41-25-21-37(13-5)33-45(41)54(46-34-38(14-6)22-26-42(46)50-30-18-10-2)53-55(47-35-39(15-7)23-27-43(47)51-31-19-11-3)48-36-40(16-8)24-28-44(48)52-32-20-12-4/h21-28,33-36,54-55H,9-20,29-32H2,1-8H3. The molecule has 0 spiro atoms. The maximum absolute atomic E-state index is 8.14. The molecule has 4 rings (SSSR count). The summed E-state index contributed by atoms with van der Waals surface area (Å²) >= 11 is 0. The monoisotopic (exact) mass is 782 g/mol. The molecule has 0 aliphatic carbocycles. The molecule has 0 aliphatic rings. The first-order valence-corrected chi connectivity index (χ1v) is 24.9. The Bertz CT molecular complexity index is 1480. The number of unbranched alkanes of at least 4 members (excludes halogenated alkanes) is 4. The molecule has 0 atom stereocenters. The van der Waals surface area contributed by atoms with Crippen LogP contribution in [-0.4, -0.2) is 44.5 Å². The second kappa shape index (κ2) is 24.2. The molecule has 0 fully saturated rings. The highest BCUT2D eigenvalue weighted by Crippen LogP contribution is 2.23. The summed E-state index contributed by atoms with van der Waals surface area (Å²) < 4.78 is 34.9. The molecule has 5 nitrogen and oxygen atoms in total. The van der Waals surface area contributed by atoms with Gasteiger partial charge in [0.15, 0.2) is 0 Å². The molecule has 0 unspecified atom stereocenters. The molecule has 0 radical (unpaired) electrons. The quantitative estimate of drug-likeness (QED) is 0.0470. The van der Waals surface area contributed by atoms with Gasteiger partial charge in [-0.15, -0.1) is 0 Å². The van der Waals surface area contributed by atoms with Crippen molar-refractivity contribution in [3.05, 3.63) is 95.1 Å². The van der Waals surface area contributed by atoms with Crippen LogP contribution in [0.25, 0.3) is 0 Å². The van der Waals surface area contributed by atoms with Crippen molar-refractivity contribution in [1.82, 2.24) is 0 Å². The number of benzene rings is 4. The Morgan fingerprint density at radius 2 is 0.582 bits per heavy atom. The lowest BCUT2D eigenvalue weighted by Gasteiger charge is -2.30. The van der Waals surface area contributed by atoms with Gasteiger partial charge in [0.25, 0.3) is 0 Å². The van der Waals surface area contributed by atoms with Gasteiger partial charge in [-0.05, 0) is 97.9 Å². The maximum Gasteiger partial charge on any atom is 0.236 e. The fourth-order valence-corrected chi connectivity index (χ4v) is 14.0. The normalized spacial score (nSPS) is 11.4. The van der Waals surface area contributed by atoms with Crippen LogP contribution in [0.1, 0.15) is 129 Å². The Morgan fingerprint density at radius 1 is 0.345 bits per heavy atom. The van der Waals surface area contributed by atoms with Gasteiger partial charge in [0.1, 0.15) is 23.0 Å². The predicted octanol–water partition coefficient (Wildman–Crippen LogP) is 9.04. The number of ether oxygens (including phenoxy) is 4. The fraction of sp³-hybridized carbons (Fsp3) is 0.500. The van der Waals surface area contributed by atoms with E-state index in [0.717, 1.165) is 100 Å². The van der Waals surface area contributed by atoms with Gasteiger partial charge in [-0.3, -0.25) is 0 Å². The van der Waals surface area contributed by atoms with E-state index in [4.69, 9.17) is 23.1 Å². The van der Waals surface area contributed by atoms with Crippen molar-refractivity contribution in [2.75, 3.05) is 26.4 Å². The molecular formula is C48H70O5Si2. The molecule has 7 heteroatoms. The van der Waals surface area contributed by atoms with E-state index in [2.05, 4.69) is 128 Å². The zero-order valence-corrected chi connectivity index (χ0v) is 37.7. The van der Waals surface area contributed by atoms with Gasteiger partial charge in [0.2, 0.25) is 18.1 Å². The van der Waals surface area contributed by atoms with Gasteiger partial charge in [0.05, 0.1) is 26.4 Å². The van der Waals surface area contributed by atoms with E-state index in [1.165, 1.54) is 43.0 Å². The van der Waals surface area contributed by atoms with Crippen LogP contribution in [-0.2, 0) is 29.8 Å². The van der Waals surface area contributed by atoms with Crippen LogP contribution in [0.15, 0.2) is 72.8 Å². The van der Waals surface area contributed by atoms with Crippen molar-refractivity contribution >= 4 is 38.8 Å². The van der Waals surface area contributed by atoms with Crippen molar-refractivity contribution in [2.45, 2.75) is 132 Å². The van der Waals surface area contributed by atoms with Crippen molar-refractivity contribution in [3.63, 3.8) is 0 Å². The summed E-state index contributed by atoms with van der Waals surface area (Å²) in [4.78, 5) is 0. The Hall–Kier alpha value is -3.53. The highest BCUT2D eigenvalue weighted by atomic mass is 28.4. The van der Waals surface area contributed by atoms with E-state index in [-0.39, 0.29) is 0 Å². The molecule has 300 valence electrons. The van der Waals surface area contributed by atoms with Crippen LogP contribution in [0.4, 0.5) is 0 Å².